The van der Waals surface area contributed by atoms with Crippen molar-refractivity contribution in [3.05, 3.63) is 28.9 Å². The van der Waals surface area contributed by atoms with E-state index >= 15 is 0 Å². The summed E-state index contributed by atoms with van der Waals surface area (Å²) in [6, 6.07) is 5.55. The summed E-state index contributed by atoms with van der Waals surface area (Å²) < 4.78 is 7.79. The van der Waals surface area contributed by atoms with Crippen LogP contribution in [0.1, 0.15) is 20.8 Å². The summed E-state index contributed by atoms with van der Waals surface area (Å²) in [5, 5.41) is 6.81. The second kappa shape index (κ2) is 4.61. The van der Waals surface area contributed by atoms with E-state index in [1.54, 1.807) is 16.8 Å². The summed E-state index contributed by atoms with van der Waals surface area (Å²) in [5.41, 5.74) is 0.363. The van der Waals surface area contributed by atoms with E-state index in [0.717, 1.165) is 9.99 Å². The Hall–Kier alpha value is -1.56. The number of carbonyl (C=O) groups excluding carboxylic acids is 1. The van der Waals surface area contributed by atoms with Crippen LogP contribution in [0.25, 0.3) is 5.52 Å². The van der Waals surface area contributed by atoms with Crippen LogP contribution in [0.5, 0.6) is 0 Å². The molecular formula is C12H14BrN3O2. The maximum Gasteiger partial charge on any atom is 0.413 e. The zero-order chi connectivity index (χ0) is 13.3. The summed E-state index contributed by atoms with van der Waals surface area (Å²) in [6.07, 6.45) is 1.30. The first-order chi connectivity index (χ1) is 8.33. The normalized spacial score (nSPS) is 11.6. The van der Waals surface area contributed by atoms with Crippen LogP contribution in [-0.4, -0.2) is 21.3 Å². The average molecular weight is 312 g/mol. The highest BCUT2D eigenvalue weighted by Gasteiger charge is 2.17. The van der Waals surface area contributed by atoms with Gasteiger partial charge < -0.3 is 4.74 Å². The number of rotatable bonds is 1. The van der Waals surface area contributed by atoms with E-state index in [2.05, 4.69) is 26.3 Å². The molecule has 0 unspecified atom stereocenters. The molecule has 96 valence electrons. The molecule has 0 saturated carbocycles. The number of anilines is 1. The molecule has 2 aromatic rings. The summed E-state index contributed by atoms with van der Waals surface area (Å²) in [5.74, 6) is 0.461. The summed E-state index contributed by atoms with van der Waals surface area (Å²) >= 11 is 3.38. The molecule has 0 aromatic carbocycles. The Bertz CT molecular complexity index is 587. The number of halogens is 1. The Morgan fingerprint density at radius 3 is 2.83 bits per heavy atom. The number of aromatic nitrogens is 2. The summed E-state index contributed by atoms with van der Waals surface area (Å²) in [4.78, 5) is 11.6. The second-order valence-electron chi connectivity index (χ2n) is 4.87. The van der Waals surface area contributed by atoms with E-state index in [4.69, 9.17) is 4.74 Å². The molecule has 0 saturated heterocycles. The number of hydrogen-bond acceptors (Lipinski definition) is 3. The number of nitrogens with zero attached hydrogens (tertiary/aromatic N) is 2. The molecule has 0 radical (unpaired) electrons. The van der Waals surface area contributed by atoms with Crippen molar-refractivity contribution in [2.45, 2.75) is 26.4 Å². The van der Waals surface area contributed by atoms with E-state index in [9.17, 15) is 4.79 Å². The van der Waals surface area contributed by atoms with Gasteiger partial charge >= 0.3 is 6.09 Å². The monoisotopic (exact) mass is 311 g/mol. The highest BCUT2D eigenvalue weighted by molar-refractivity contribution is 9.10. The van der Waals surface area contributed by atoms with Crippen LogP contribution in [0.4, 0.5) is 10.6 Å². The number of carbonyl (C=O) groups is 1. The van der Waals surface area contributed by atoms with Gasteiger partial charge in [0.05, 0.1) is 5.52 Å². The lowest BCUT2D eigenvalue weighted by atomic mass is 10.2. The number of nitrogens with one attached hydrogen (secondary N) is 1. The molecule has 0 spiro atoms. The van der Waals surface area contributed by atoms with E-state index in [0.29, 0.717) is 5.82 Å². The quantitative estimate of drug-likeness (QED) is 0.877. The molecule has 0 bridgehead atoms. The molecule has 0 atom stereocenters. The number of amides is 1. The minimum Gasteiger partial charge on any atom is -0.444 e. The minimum atomic E-state index is -0.522. The van der Waals surface area contributed by atoms with Crippen LogP contribution in [-0.2, 0) is 4.74 Å². The average Bonchev–Trinajstić information content (AvgIpc) is 2.55. The zero-order valence-corrected chi connectivity index (χ0v) is 12.0. The molecule has 0 aliphatic heterocycles. The predicted molar refractivity (Wildman–Crippen MR) is 72.7 cm³/mol. The summed E-state index contributed by atoms with van der Waals surface area (Å²) in [6.45, 7) is 5.44. The largest absolute Gasteiger partial charge is 0.444 e. The lowest BCUT2D eigenvalue weighted by Gasteiger charge is -2.18. The van der Waals surface area contributed by atoms with Gasteiger partial charge in [0.25, 0.3) is 0 Å². The van der Waals surface area contributed by atoms with Crippen LogP contribution in [0.3, 0.4) is 0 Å². The molecule has 0 aliphatic rings. The smallest absolute Gasteiger partial charge is 0.413 e. The molecule has 2 heterocycles. The maximum absolute atomic E-state index is 11.6. The van der Waals surface area contributed by atoms with Gasteiger partial charge in [0, 0.05) is 16.7 Å². The van der Waals surface area contributed by atoms with E-state index in [-0.39, 0.29) is 0 Å². The molecule has 1 N–H and O–H groups in total. The predicted octanol–water partition coefficient (Wildman–Crippen LogP) is 3.44. The third-order valence-corrected chi connectivity index (χ3v) is 2.55. The fourth-order valence-electron chi connectivity index (χ4n) is 1.44. The lowest BCUT2D eigenvalue weighted by Crippen LogP contribution is -2.27. The van der Waals surface area contributed by atoms with Crippen molar-refractivity contribution in [3.63, 3.8) is 0 Å². The molecule has 2 rings (SSSR count). The first-order valence-corrected chi connectivity index (χ1v) is 6.28. The van der Waals surface area contributed by atoms with Crippen LogP contribution in [0.15, 0.2) is 28.9 Å². The highest BCUT2D eigenvalue weighted by atomic mass is 79.9. The van der Waals surface area contributed by atoms with Crippen molar-refractivity contribution in [1.29, 1.82) is 0 Å². The van der Waals surface area contributed by atoms with Gasteiger partial charge in [0.2, 0.25) is 0 Å². The van der Waals surface area contributed by atoms with Gasteiger partial charge in [-0.3, -0.25) is 5.32 Å². The van der Waals surface area contributed by atoms with Crippen LogP contribution < -0.4 is 5.32 Å². The molecule has 0 aliphatic carbocycles. The van der Waals surface area contributed by atoms with Gasteiger partial charge in [-0.1, -0.05) is 15.9 Å². The van der Waals surface area contributed by atoms with Crippen LogP contribution in [0.2, 0.25) is 0 Å². The first-order valence-electron chi connectivity index (χ1n) is 5.48. The number of ether oxygens (including phenoxy) is 1. The van der Waals surface area contributed by atoms with Crippen molar-refractivity contribution in [1.82, 2.24) is 9.61 Å². The maximum atomic E-state index is 11.6. The van der Waals surface area contributed by atoms with Gasteiger partial charge in [-0.15, -0.1) is 5.10 Å². The van der Waals surface area contributed by atoms with Crippen LogP contribution in [0, 0.1) is 0 Å². The van der Waals surface area contributed by atoms with Crippen molar-refractivity contribution in [2.75, 3.05) is 5.32 Å². The molecule has 5 nitrogen and oxygen atoms in total. The SMILES string of the molecule is CC(C)(C)OC(=O)Nc1cc2cc(Br)ccn2n1. The van der Waals surface area contributed by atoms with Crippen molar-refractivity contribution >= 4 is 33.4 Å². The number of fused-ring (bicyclic) bond motifs is 1. The van der Waals surface area contributed by atoms with Gasteiger partial charge in [-0.05, 0) is 32.9 Å². The van der Waals surface area contributed by atoms with Crippen molar-refractivity contribution in [3.8, 4) is 0 Å². The summed E-state index contributed by atoms with van der Waals surface area (Å²) in [7, 11) is 0. The molecule has 18 heavy (non-hydrogen) atoms. The number of hydrogen-bond donors (Lipinski definition) is 1. The second-order valence-corrected chi connectivity index (χ2v) is 5.79. The molecule has 1 amide bonds. The Morgan fingerprint density at radius 2 is 2.17 bits per heavy atom. The topological polar surface area (TPSA) is 55.6 Å². The van der Waals surface area contributed by atoms with E-state index in [1.807, 2.05) is 32.9 Å². The molecule has 2 aromatic heterocycles. The van der Waals surface area contributed by atoms with E-state index in [1.165, 1.54) is 0 Å². The van der Waals surface area contributed by atoms with Gasteiger partial charge in [0.15, 0.2) is 5.82 Å². The zero-order valence-electron chi connectivity index (χ0n) is 10.4. The van der Waals surface area contributed by atoms with E-state index < -0.39 is 11.7 Å². The molecule has 6 heteroatoms. The Morgan fingerprint density at radius 1 is 1.44 bits per heavy atom. The third kappa shape index (κ3) is 3.22. The highest BCUT2D eigenvalue weighted by Crippen LogP contribution is 2.17. The van der Waals surface area contributed by atoms with Gasteiger partial charge in [0.1, 0.15) is 5.60 Å². The standard InChI is InChI=1S/C12H14BrN3O2/c1-12(2,3)18-11(17)14-10-7-9-6-8(13)4-5-16(9)15-10/h4-7H,1-3H3,(H,14,15,17). The molecular weight excluding hydrogens is 298 g/mol. The Kier molecular flexibility index (Phi) is 3.30. The van der Waals surface area contributed by atoms with Crippen LogP contribution >= 0.6 is 15.9 Å². The minimum absolute atomic E-state index is 0.461. The molecule has 0 fully saturated rings. The van der Waals surface area contributed by atoms with Gasteiger partial charge in [-0.2, -0.15) is 0 Å². The van der Waals surface area contributed by atoms with Crippen molar-refractivity contribution < 1.29 is 9.53 Å². The first kappa shape index (κ1) is 12.9. The van der Waals surface area contributed by atoms with Crippen molar-refractivity contribution in [2.24, 2.45) is 0 Å². The fourth-order valence-corrected chi connectivity index (χ4v) is 1.79. The number of pyridine rings is 1. The Balaban J connectivity index is 2.15. The fraction of sp³-hybridized carbons (Fsp3) is 0.333. The third-order valence-electron chi connectivity index (χ3n) is 2.05. The Labute approximate surface area is 113 Å². The lowest BCUT2D eigenvalue weighted by molar-refractivity contribution is 0.0635. The van der Waals surface area contributed by atoms with Gasteiger partial charge in [-0.25, -0.2) is 9.31 Å².